The molecule has 0 saturated carbocycles. The zero-order valence-corrected chi connectivity index (χ0v) is 11.9. The van der Waals surface area contributed by atoms with Gasteiger partial charge < -0.3 is 10.5 Å². The lowest BCUT2D eigenvalue weighted by atomic mass is 10.1. The van der Waals surface area contributed by atoms with Gasteiger partial charge in [0.05, 0.1) is 0 Å². The summed E-state index contributed by atoms with van der Waals surface area (Å²) in [5.74, 6) is 1.64. The number of nitrogens with two attached hydrogens (primary N) is 1. The Balaban J connectivity index is 2.09. The number of fused-ring (bicyclic) bond motifs is 1. The maximum Gasteiger partial charge on any atom is 0.140 e. The lowest BCUT2D eigenvalue weighted by Gasteiger charge is -2.12. The second kappa shape index (κ2) is 5.43. The smallest absolute Gasteiger partial charge is 0.140 e. The van der Waals surface area contributed by atoms with Gasteiger partial charge in [-0.1, -0.05) is 12.1 Å². The average molecular weight is 282 g/mol. The first-order valence-electron chi connectivity index (χ1n) is 6.22. The highest BCUT2D eigenvalue weighted by molar-refractivity contribution is 7.98. The number of benzene rings is 2. The largest absolute Gasteiger partial charge is 0.456 e. The standard InChI is InChI=1S/C16H14N2OS/c1-20-16-5-3-2-4-15(16)19-14-7-6-13(17)12-10-18-9-8-11(12)14/h2-10H,17H2,1H3. The summed E-state index contributed by atoms with van der Waals surface area (Å²) in [4.78, 5) is 5.22. The molecule has 0 amide bonds. The van der Waals surface area contributed by atoms with Crippen molar-refractivity contribution in [1.29, 1.82) is 0 Å². The Bertz CT molecular complexity index is 758. The van der Waals surface area contributed by atoms with Crippen molar-refractivity contribution in [3.63, 3.8) is 0 Å². The van der Waals surface area contributed by atoms with Crippen LogP contribution in [0, 0.1) is 0 Å². The van der Waals surface area contributed by atoms with Gasteiger partial charge in [-0.2, -0.15) is 0 Å². The predicted molar refractivity (Wildman–Crippen MR) is 84.5 cm³/mol. The van der Waals surface area contributed by atoms with E-state index in [0.29, 0.717) is 5.69 Å². The third-order valence-electron chi connectivity index (χ3n) is 3.10. The molecule has 0 radical (unpaired) electrons. The normalized spacial score (nSPS) is 10.7. The van der Waals surface area contributed by atoms with Crippen LogP contribution in [0.1, 0.15) is 0 Å². The molecule has 0 bridgehead atoms. The van der Waals surface area contributed by atoms with E-state index in [-0.39, 0.29) is 0 Å². The average Bonchev–Trinajstić information content (AvgIpc) is 2.51. The molecule has 0 unspecified atom stereocenters. The second-order valence-electron chi connectivity index (χ2n) is 4.33. The molecule has 20 heavy (non-hydrogen) atoms. The summed E-state index contributed by atoms with van der Waals surface area (Å²) >= 11 is 1.66. The number of hydrogen-bond donors (Lipinski definition) is 1. The first-order valence-corrected chi connectivity index (χ1v) is 7.45. The molecule has 1 aromatic heterocycles. The summed E-state index contributed by atoms with van der Waals surface area (Å²) in [5.41, 5.74) is 6.68. The Morgan fingerprint density at radius 2 is 1.85 bits per heavy atom. The van der Waals surface area contributed by atoms with E-state index in [2.05, 4.69) is 4.98 Å². The van der Waals surface area contributed by atoms with Gasteiger partial charge in [0.25, 0.3) is 0 Å². The van der Waals surface area contributed by atoms with E-state index in [1.807, 2.05) is 48.7 Å². The van der Waals surface area contributed by atoms with E-state index in [0.717, 1.165) is 27.2 Å². The Kier molecular flexibility index (Phi) is 3.48. The Hall–Kier alpha value is -2.20. The fourth-order valence-corrected chi connectivity index (χ4v) is 2.62. The van der Waals surface area contributed by atoms with E-state index < -0.39 is 0 Å². The molecule has 0 aliphatic carbocycles. The third-order valence-corrected chi connectivity index (χ3v) is 3.88. The lowest BCUT2D eigenvalue weighted by molar-refractivity contribution is 0.476. The van der Waals surface area contributed by atoms with Gasteiger partial charge in [0.15, 0.2) is 0 Å². The maximum atomic E-state index is 6.06. The highest BCUT2D eigenvalue weighted by Gasteiger charge is 2.08. The van der Waals surface area contributed by atoms with Crippen molar-refractivity contribution in [1.82, 2.24) is 4.98 Å². The summed E-state index contributed by atoms with van der Waals surface area (Å²) in [5, 5.41) is 1.88. The van der Waals surface area contributed by atoms with Crippen LogP contribution in [0.3, 0.4) is 0 Å². The van der Waals surface area contributed by atoms with Gasteiger partial charge >= 0.3 is 0 Å². The monoisotopic (exact) mass is 282 g/mol. The van der Waals surface area contributed by atoms with E-state index in [1.165, 1.54) is 0 Å². The number of hydrogen-bond acceptors (Lipinski definition) is 4. The highest BCUT2D eigenvalue weighted by Crippen LogP contribution is 2.36. The molecule has 2 N–H and O–H groups in total. The Labute approximate surface area is 121 Å². The minimum Gasteiger partial charge on any atom is -0.456 e. The summed E-state index contributed by atoms with van der Waals surface area (Å²) in [7, 11) is 0. The molecule has 0 spiro atoms. The molecule has 0 aliphatic heterocycles. The number of rotatable bonds is 3. The SMILES string of the molecule is CSc1ccccc1Oc1ccc(N)c2cnccc12. The molecule has 100 valence electrons. The maximum absolute atomic E-state index is 6.06. The number of thioether (sulfide) groups is 1. The van der Waals surface area contributed by atoms with Crippen LogP contribution >= 0.6 is 11.8 Å². The van der Waals surface area contributed by atoms with E-state index in [9.17, 15) is 0 Å². The van der Waals surface area contributed by atoms with E-state index in [1.54, 1.807) is 24.2 Å². The minimum atomic E-state index is 0.707. The molecular weight excluding hydrogens is 268 g/mol. The van der Waals surface area contributed by atoms with Gasteiger partial charge in [-0.3, -0.25) is 4.98 Å². The first kappa shape index (κ1) is 12.8. The fraction of sp³-hybridized carbons (Fsp3) is 0.0625. The Morgan fingerprint density at radius 1 is 1.00 bits per heavy atom. The van der Waals surface area contributed by atoms with Crippen LogP contribution in [0.25, 0.3) is 10.8 Å². The van der Waals surface area contributed by atoms with Crippen LogP contribution in [0.4, 0.5) is 5.69 Å². The Morgan fingerprint density at radius 3 is 2.70 bits per heavy atom. The predicted octanol–water partition coefficient (Wildman–Crippen LogP) is 4.33. The summed E-state index contributed by atoms with van der Waals surface area (Å²) < 4.78 is 6.06. The molecule has 0 fully saturated rings. The summed E-state index contributed by atoms with van der Waals surface area (Å²) in [6.45, 7) is 0. The number of pyridine rings is 1. The lowest BCUT2D eigenvalue weighted by Crippen LogP contribution is -1.92. The number of anilines is 1. The van der Waals surface area contributed by atoms with Crippen molar-refractivity contribution in [2.75, 3.05) is 12.0 Å². The molecular formula is C16H14N2OS. The number of nitrogens with zero attached hydrogens (tertiary/aromatic N) is 1. The van der Waals surface area contributed by atoms with Crippen LogP contribution in [-0.4, -0.2) is 11.2 Å². The third kappa shape index (κ3) is 2.30. The second-order valence-corrected chi connectivity index (χ2v) is 5.18. The number of aromatic nitrogens is 1. The van der Waals surface area contributed by atoms with Crippen LogP contribution < -0.4 is 10.5 Å². The van der Waals surface area contributed by atoms with Crippen molar-refractivity contribution in [3.05, 3.63) is 54.9 Å². The van der Waals surface area contributed by atoms with Crippen molar-refractivity contribution in [2.24, 2.45) is 0 Å². The molecule has 1 heterocycles. The van der Waals surface area contributed by atoms with Crippen LogP contribution in [0.2, 0.25) is 0 Å². The van der Waals surface area contributed by atoms with Gasteiger partial charge in [-0.15, -0.1) is 11.8 Å². The molecule has 3 rings (SSSR count). The topological polar surface area (TPSA) is 48.1 Å². The van der Waals surface area contributed by atoms with Crippen LogP contribution in [-0.2, 0) is 0 Å². The molecule has 4 heteroatoms. The minimum absolute atomic E-state index is 0.707. The summed E-state index contributed by atoms with van der Waals surface area (Å²) in [6, 6.07) is 13.6. The fourth-order valence-electron chi connectivity index (χ4n) is 2.09. The quantitative estimate of drug-likeness (QED) is 0.573. The van der Waals surface area contributed by atoms with Crippen molar-refractivity contribution in [2.45, 2.75) is 4.90 Å². The van der Waals surface area contributed by atoms with Gasteiger partial charge in [0, 0.05) is 33.7 Å². The van der Waals surface area contributed by atoms with Crippen molar-refractivity contribution >= 4 is 28.2 Å². The molecule has 0 atom stereocenters. The van der Waals surface area contributed by atoms with E-state index >= 15 is 0 Å². The van der Waals surface area contributed by atoms with Gasteiger partial charge in [0.2, 0.25) is 0 Å². The van der Waals surface area contributed by atoms with Gasteiger partial charge in [-0.05, 0) is 36.6 Å². The van der Waals surface area contributed by atoms with Gasteiger partial charge in [0.1, 0.15) is 11.5 Å². The van der Waals surface area contributed by atoms with Crippen LogP contribution in [0.5, 0.6) is 11.5 Å². The molecule has 3 nitrogen and oxygen atoms in total. The molecule has 0 saturated heterocycles. The van der Waals surface area contributed by atoms with Crippen molar-refractivity contribution in [3.8, 4) is 11.5 Å². The van der Waals surface area contributed by atoms with Crippen LogP contribution in [0.15, 0.2) is 59.8 Å². The van der Waals surface area contributed by atoms with E-state index in [4.69, 9.17) is 10.5 Å². The molecule has 2 aromatic carbocycles. The zero-order chi connectivity index (χ0) is 13.9. The zero-order valence-electron chi connectivity index (χ0n) is 11.0. The summed E-state index contributed by atoms with van der Waals surface area (Å²) in [6.07, 6.45) is 5.54. The number of para-hydroxylation sites is 1. The van der Waals surface area contributed by atoms with Crippen molar-refractivity contribution < 1.29 is 4.74 Å². The highest BCUT2D eigenvalue weighted by atomic mass is 32.2. The first-order chi connectivity index (χ1) is 9.79. The number of nitrogen functional groups attached to an aromatic ring is 1. The number of ether oxygens (including phenoxy) is 1. The van der Waals surface area contributed by atoms with Gasteiger partial charge in [-0.25, -0.2) is 0 Å². The molecule has 3 aromatic rings. The molecule has 0 aliphatic rings.